The summed E-state index contributed by atoms with van der Waals surface area (Å²) >= 11 is 0. The minimum absolute atomic E-state index is 0.0513. The number of carboxylic acid groups (broad SMARTS) is 2. The number of anilines is 1. The first kappa shape index (κ1) is 23.7. The van der Waals surface area contributed by atoms with E-state index in [4.69, 9.17) is 15.9 Å². The molecule has 0 spiro atoms. The highest BCUT2D eigenvalue weighted by Gasteiger charge is 2.42. The van der Waals surface area contributed by atoms with Crippen LogP contribution in [0.4, 0.5) is 10.3 Å². The van der Waals surface area contributed by atoms with Crippen molar-refractivity contribution >= 4 is 35.0 Å². The number of nitrogens with one attached hydrogen (secondary N) is 3. The van der Waals surface area contributed by atoms with E-state index in [1.165, 1.54) is 12.3 Å². The van der Waals surface area contributed by atoms with E-state index < -0.39 is 48.0 Å². The maximum Gasteiger partial charge on any atom is 0.362 e. The van der Waals surface area contributed by atoms with Gasteiger partial charge in [-0.2, -0.15) is 4.98 Å². The number of alkyl halides is 1. The fourth-order valence-electron chi connectivity index (χ4n) is 3.29. The number of hydrogen-bond acceptors (Lipinski definition) is 9. The summed E-state index contributed by atoms with van der Waals surface area (Å²) < 4.78 is 14.5. The molecular formula is C19H22FN7O6. The predicted octanol–water partition coefficient (Wildman–Crippen LogP) is -0.549. The molecule has 1 aliphatic rings. The number of nitrogens with zero attached hydrogens (tertiary/aromatic N) is 3. The molecule has 0 saturated heterocycles. The van der Waals surface area contributed by atoms with Crippen molar-refractivity contribution in [2.24, 2.45) is 5.92 Å². The number of carboxylic acids is 2. The summed E-state index contributed by atoms with van der Waals surface area (Å²) in [6.07, 6.45) is 3.82. The number of nitrogens with two attached hydrogens (primary N) is 1. The van der Waals surface area contributed by atoms with Crippen molar-refractivity contribution in [1.82, 2.24) is 30.6 Å². The van der Waals surface area contributed by atoms with Crippen LogP contribution in [0.25, 0.3) is 11.2 Å². The van der Waals surface area contributed by atoms with E-state index in [9.17, 15) is 23.6 Å². The molecule has 1 amide bonds. The molecule has 3 rings (SSSR count). The number of amides is 1. The van der Waals surface area contributed by atoms with Crippen LogP contribution in [-0.2, 0) is 20.9 Å². The molecule has 14 heteroatoms. The monoisotopic (exact) mass is 463 g/mol. The van der Waals surface area contributed by atoms with Crippen LogP contribution in [0.15, 0.2) is 23.1 Å². The van der Waals surface area contributed by atoms with E-state index in [2.05, 4.69) is 25.3 Å². The molecule has 2 heterocycles. The van der Waals surface area contributed by atoms with E-state index in [0.717, 1.165) is 0 Å². The third-order valence-electron chi connectivity index (χ3n) is 5.08. The van der Waals surface area contributed by atoms with Crippen LogP contribution in [0, 0.1) is 5.92 Å². The number of rotatable bonds is 9. The Morgan fingerprint density at radius 1 is 1.24 bits per heavy atom. The molecule has 3 atom stereocenters. The number of carbonyl (C=O) groups excluding carboxylic acids is 1. The third-order valence-corrected chi connectivity index (χ3v) is 5.08. The van der Waals surface area contributed by atoms with Gasteiger partial charge in [-0.05, 0) is 12.8 Å². The largest absolute Gasteiger partial charge is 0.481 e. The Labute approximate surface area is 185 Å². The zero-order chi connectivity index (χ0) is 24.2. The molecular weight excluding hydrogens is 441 g/mol. The molecule has 2 aromatic heterocycles. The van der Waals surface area contributed by atoms with Gasteiger partial charge in [0.2, 0.25) is 11.9 Å². The molecule has 13 nitrogen and oxygen atoms in total. The van der Waals surface area contributed by atoms with Gasteiger partial charge in [0.1, 0.15) is 0 Å². The zero-order valence-corrected chi connectivity index (χ0v) is 17.2. The van der Waals surface area contributed by atoms with Gasteiger partial charge in [-0.3, -0.25) is 19.4 Å². The topological polar surface area (TPSA) is 213 Å². The van der Waals surface area contributed by atoms with Crippen LogP contribution < -0.4 is 21.9 Å². The second kappa shape index (κ2) is 9.68. The van der Waals surface area contributed by atoms with Crippen LogP contribution >= 0.6 is 0 Å². The molecule has 0 radical (unpaired) electrons. The summed E-state index contributed by atoms with van der Waals surface area (Å²) in [5.74, 6) is -8.16. The van der Waals surface area contributed by atoms with Crippen LogP contribution in [0.3, 0.4) is 0 Å². The second-order valence-corrected chi connectivity index (χ2v) is 7.53. The zero-order valence-electron chi connectivity index (χ0n) is 17.2. The lowest BCUT2D eigenvalue weighted by atomic mass is 9.91. The quantitative estimate of drug-likeness (QED) is 0.205. The molecule has 176 valence electrons. The number of aromatic nitrogens is 4. The SMILES string of the molecule is Nc1nc2ncc(CNC3C=CC(C(=O)N[C@@](F)(CCC(=O)O)C(=O)O)CC3)nc2c(=O)[nH]1. The Morgan fingerprint density at radius 3 is 2.64 bits per heavy atom. The molecule has 0 aliphatic heterocycles. The number of H-pyrrole nitrogens is 1. The van der Waals surface area contributed by atoms with E-state index in [1.807, 2.05) is 5.32 Å². The molecule has 0 saturated carbocycles. The fourth-order valence-corrected chi connectivity index (χ4v) is 3.29. The van der Waals surface area contributed by atoms with Gasteiger partial charge in [-0.1, -0.05) is 12.2 Å². The molecule has 0 aromatic carbocycles. The maximum atomic E-state index is 14.5. The minimum atomic E-state index is -3.16. The number of halogens is 1. The normalized spacial score (nSPS) is 19.7. The standard InChI is InChI=1S/C19H22FN7O6/c20-19(17(32)33,6-5-12(28)29)27-15(30)9-1-3-10(4-2-9)22-7-11-8-23-14-13(24-11)16(31)26-18(21)25-14/h1,3,8-10,22H,2,4-7H2,(H,27,30)(H,28,29)(H,32,33)(H3,21,23,25,26,31)/t9?,10?,19-/m0/s1. The summed E-state index contributed by atoms with van der Waals surface area (Å²) in [5.41, 5.74) is 5.62. The first-order valence-electron chi connectivity index (χ1n) is 9.96. The van der Waals surface area contributed by atoms with Crippen molar-refractivity contribution in [3.05, 3.63) is 34.4 Å². The number of aromatic amines is 1. The van der Waals surface area contributed by atoms with E-state index in [1.54, 1.807) is 6.08 Å². The van der Waals surface area contributed by atoms with Crippen molar-refractivity contribution in [3.8, 4) is 0 Å². The lowest BCUT2D eigenvalue weighted by Gasteiger charge is -2.27. The smallest absolute Gasteiger partial charge is 0.362 e. The van der Waals surface area contributed by atoms with Gasteiger partial charge in [-0.15, -0.1) is 0 Å². The lowest BCUT2D eigenvalue weighted by molar-refractivity contribution is -0.158. The average Bonchev–Trinajstić information content (AvgIpc) is 2.76. The highest BCUT2D eigenvalue weighted by molar-refractivity contribution is 5.88. The van der Waals surface area contributed by atoms with Gasteiger partial charge < -0.3 is 26.6 Å². The molecule has 0 bridgehead atoms. The van der Waals surface area contributed by atoms with Crippen LogP contribution in [0.2, 0.25) is 0 Å². The summed E-state index contributed by atoms with van der Waals surface area (Å²) in [7, 11) is 0. The summed E-state index contributed by atoms with van der Waals surface area (Å²) in [6.45, 7) is 0.264. The highest BCUT2D eigenvalue weighted by Crippen LogP contribution is 2.22. The van der Waals surface area contributed by atoms with Crippen molar-refractivity contribution in [3.63, 3.8) is 0 Å². The Hall–Kier alpha value is -3.94. The molecule has 0 fully saturated rings. The Kier molecular flexibility index (Phi) is 6.96. The Balaban J connectivity index is 1.57. The van der Waals surface area contributed by atoms with Gasteiger partial charge in [0.15, 0.2) is 11.2 Å². The van der Waals surface area contributed by atoms with Gasteiger partial charge in [0.25, 0.3) is 11.4 Å². The third kappa shape index (κ3) is 5.85. The number of aliphatic carboxylic acids is 2. The van der Waals surface area contributed by atoms with Gasteiger partial charge in [0.05, 0.1) is 24.2 Å². The van der Waals surface area contributed by atoms with Gasteiger partial charge in [0, 0.05) is 19.0 Å². The highest BCUT2D eigenvalue weighted by atomic mass is 19.1. The molecule has 1 aliphatic carbocycles. The first-order valence-corrected chi connectivity index (χ1v) is 9.96. The Morgan fingerprint density at radius 2 is 2.00 bits per heavy atom. The van der Waals surface area contributed by atoms with Crippen molar-refractivity contribution in [2.75, 3.05) is 5.73 Å². The fraction of sp³-hybridized carbons (Fsp3) is 0.421. The van der Waals surface area contributed by atoms with E-state index in [0.29, 0.717) is 18.5 Å². The predicted molar refractivity (Wildman–Crippen MR) is 111 cm³/mol. The maximum absolute atomic E-state index is 14.5. The summed E-state index contributed by atoms with van der Waals surface area (Å²) in [4.78, 5) is 60.6. The van der Waals surface area contributed by atoms with Gasteiger partial charge in [-0.25, -0.2) is 19.2 Å². The van der Waals surface area contributed by atoms with E-state index in [-0.39, 0.29) is 29.7 Å². The number of carbonyl (C=O) groups is 3. The Bertz CT molecular complexity index is 1170. The first-order chi connectivity index (χ1) is 15.6. The summed E-state index contributed by atoms with van der Waals surface area (Å²) in [5, 5.41) is 22.7. The molecule has 2 unspecified atom stereocenters. The van der Waals surface area contributed by atoms with Crippen LogP contribution in [-0.4, -0.2) is 59.8 Å². The second-order valence-electron chi connectivity index (χ2n) is 7.53. The lowest BCUT2D eigenvalue weighted by Crippen LogP contribution is -2.53. The molecule has 33 heavy (non-hydrogen) atoms. The average molecular weight is 463 g/mol. The van der Waals surface area contributed by atoms with Crippen molar-refractivity contribution in [2.45, 2.75) is 44.1 Å². The van der Waals surface area contributed by atoms with Crippen LogP contribution in [0.1, 0.15) is 31.4 Å². The van der Waals surface area contributed by atoms with Crippen molar-refractivity contribution < 1.29 is 29.0 Å². The number of hydrogen-bond donors (Lipinski definition) is 6. The number of fused-ring (bicyclic) bond motifs is 1. The minimum Gasteiger partial charge on any atom is -0.481 e. The van der Waals surface area contributed by atoms with Crippen molar-refractivity contribution in [1.29, 1.82) is 0 Å². The van der Waals surface area contributed by atoms with E-state index >= 15 is 0 Å². The molecule has 7 N–H and O–H groups in total. The van der Waals surface area contributed by atoms with Gasteiger partial charge >= 0.3 is 11.9 Å². The van der Waals surface area contributed by atoms with Crippen LogP contribution in [0.5, 0.6) is 0 Å². The molecule has 2 aromatic rings. The number of nitrogen functional groups attached to an aromatic ring is 1. The summed E-state index contributed by atoms with van der Waals surface area (Å²) in [6, 6.07) is -0.156.